The van der Waals surface area contributed by atoms with Gasteiger partial charge < -0.3 is 9.84 Å². The Hall–Kier alpha value is -2.96. The molecule has 0 unspecified atom stereocenters. The molecule has 0 radical (unpaired) electrons. The zero-order valence-corrected chi connectivity index (χ0v) is 16.7. The van der Waals surface area contributed by atoms with E-state index < -0.39 is 0 Å². The molecule has 2 N–H and O–H groups in total. The van der Waals surface area contributed by atoms with Crippen LogP contribution in [0.25, 0.3) is 11.1 Å². The van der Waals surface area contributed by atoms with Crippen molar-refractivity contribution in [2.45, 2.75) is 51.9 Å². The fraction of sp³-hybridized carbons (Fsp3) is 0.429. The number of aromatic amines is 1. The first-order valence-electron chi connectivity index (χ1n) is 9.64. The van der Waals surface area contributed by atoms with Crippen LogP contribution < -0.4 is 10.9 Å². The molecule has 0 aliphatic rings. The van der Waals surface area contributed by atoms with Crippen molar-refractivity contribution in [3.05, 3.63) is 58.6 Å². The van der Waals surface area contributed by atoms with Crippen molar-refractivity contribution < 1.29 is 4.52 Å². The highest BCUT2D eigenvalue weighted by Crippen LogP contribution is 2.21. The summed E-state index contributed by atoms with van der Waals surface area (Å²) in [4.78, 5) is 15.9. The van der Waals surface area contributed by atoms with Crippen LogP contribution in [0.15, 0.2) is 45.8 Å². The Morgan fingerprint density at radius 1 is 1.11 bits per heavy atom. The van der Waals surface area contributed by atoms with Gasteiger partial charge in [-0.15, -0.1) is 0 Å². The number of nitrogens with zero attached hydrogens (tertiary/aromatic N) is 3. The molecule has 28 heavy (non-hydrogen) atoms. The summed E-state index contributed by atoms with van der Waals surface area (Å²) < 4.78 is 5.32. The number of aromatic nitrogens is 4. The van der Waals surface area contributed by atoms with Crippen LogP contribution in [-0.4, -0.2) is 26.9 Å². The van der Waals surface area contributed by atoms with Gasteiger partial charge in [-0.2, -0.15) is 10.1 Å². The van der Waals surface area contributed by atoms with Crippen LogP contribution in [-0.2, 0) is 11.8 Å². The fourth-order valence-electron chi connectivity index (χ4n) is 2.81. The minimum atomic E-state index is -0.202. The van der Waals surface area contributed by atoms with Crippen LogP contribution in [0, 0.1) is 0 Å². The van der Waals surface area contributed by atoms with Crippen LogP contribution >= 0.6 is 0 Å². The normalized spacial score (nSPS) is 11.5. The maximum absolute atomic E-state index is 11.4. The second-order valence-electron chi connectivity index (χ2n) is 7.91. The molecule has 3 rings (SSSR count). The first-order chi connectivity index (χ1) is 13.4. The van der Waals surface area contributed by atoms with Gasteiger partial charge >= 0.3 is 0 Å². The number of hydrogen-bond donors (Lipinski definition) is 2. The molecule has 0 atom stereocenters. The molecule has 7 nitrogen and oxygen atoms in total. The van der Waals surface area contributed by atoms with E-state index in [1.165, 1.54) is 0 Å². The van der Waals surface area contributed by atoms with Crippen molar-refractivity contribution in [3.63, 3.8) is 0 Å². The topological polar surface area (TPSA) is 96.7 Å². The van der Waals surface area contributed by atoms with Crippen LogP contribution in [0.3, 0.4) is 0 Å². The van der Waals surface area contributed by atoms with E-state index in [0.717, 1.165) is 60.8 Å². The van der Waals surface area contributed by atoms with Gasteiger partial charge in [0, 0.05) is 35.7 Å². The Labute approximate surface area is 164 Å². The molecule has 0 saturated carbocycles. The van der Waals surface area contributed by atoms with E-state index in [1.54, 1.807) is 12.3 Å². The fourth-order valence-corrected chi connectivity index (χ4v) is 2.81. The number of rotatable bonds is 8. The van der Waals surface area contributed by atoms with Crippen molar-refractivity contribution in [2.75, 3.05) is 11.9 Å². The van der Waals surface area contributed by atoms with E-state index >= 15 is 0 Å². The first-order valence-corrected chi connectivity index (χ1v) is 9.64. The predicted octanol–water partition coefficient (Wildman–Crippen LogP) is 3.94. The van der Waals surface area contributed by atoms with Crippen molar-refractivity contribution >= 4 is 5.69 Å². The number of H-pyrrole nitrogens is 1. The Morgan fingerprint density at radius 3 is 2.71 bits per heavy atom. The Balaban J connectivity index is 1.41. The third kappa shape index (κ3) is 5.52. The Kier molecular flexibility index (Phi) is 6.23. The van der Waals surface area contributed by atoms with E-state index in [-0.39, 0.29) is 11.0 Å². The third-order valence-electron chi connectivity index (χ3n) is 4.40. The van der Waals surface area contributed by atoms with E-state index in [2.05, 4.69) is 46.4 Å². The van der Waals surface area contributed by atoms with Crippen molar-refractivity contribution in [1.29, 1.82) is 0 Å². The highest BCUT2D eigenvalue weighted by molar-refractivity contribution is 5.66. The zero-order chi connectivity index (χ0) is 20.0. The number of anilines is 1. The molecule has 7 heteroatoms. The largest absolute Gasteiger partial charge is 0.385 e. The van der Waals surface area contributed by atoms with Gasteiger partial charge in [0.15, 0.2) is 5.82 Å². The van der Waals surface area contributed by atoms with Gasteiger partial charge in [-0.05, 0) is 30.5 Å². The highest BCUT2D eigenvalue weighted by Gasteiger charge is 2.20. The SMILES string of the molecule is CC(C)(C)c1noc(CCCCCNc2cccc(-c3cn[nH]c(=O)c3)c2)n1. The zero-order valence-electron chi connectivity index (χ0n) is 16.7. The summed E-state index contributed by atoms with van der Waals surface area (Å²) in [6.45, 7) is 7.12. The molecule has 1 aromatic carbocycles. The molecule has 0 amide bonds. The van der Waals surface area contributed by atoms with Crippen molar-refractivity contribution in [2.24, 2.45) is 0 Å². The molecule has 0 spiro atoms. The van der Waals surface area contributed by atoms with Crippen LogP contribution in [0.4, 0.5) is 5.69 Å². The molecule has 2 heterocycles. The molecule has 2 aromatic heterocycles. The van der Waals surface area contributed by atoms with Gasteiger partial charge in [0.25, 0.3) is 5.56 Å². The summed E-state index contributed by atoms with van der Waals surface area (Å²) >= 11 is 0. The van der Waals surface area contributed by atoms with E-state index in [4.69, 9.17) is 4.52 Å². The third-order valence-corrected chi connectivity index (χ3v) is 4.40. The van der Waals surface area contributed by atoms with Crippen LogP contribution in [0.5, 0.6) is 0 Å². The molecular weight excluding hydrogens is 354 g/mol. The first kappa shape index (κ1) is 19.8. The number of nitrogens with one attached hydrogen (secondary N) is 2. The van der Waals surface area contributed by atoms with Gasteiger partial charge in [0.2, 0.25) is 5.89 Å². The molecule has 3 aromatic rings. The molecule has 0 bridgehead atoms. The maximum Gasteiger partial charge on any atom is 0.264 e. The van der Waals surface area contributed by atoms with Gasteiger partial charge in [-0.1, -0.05) is 44.5 Å². The lowest BCUT2D eigenvalue weighted by atomic mass is 9.96. The summed E-state index contributed by atoms with van der Waals surface area (Å²) in [6.07, 6.45) is 5.62. The minimum Gasteiger partial charge on any atom is -0.385 e. The summed E-state index contributed by atoms with van der Waals surface area (Å²) in [6, 6.07) is 9.55. The maximum atomic E-state index is 11.4. The average molecular weight is 381 g/mol. The van der Waals surface area contributed by atoms with Crippen molar-refractivity contribution in [1.82, 2.24) is 20.3 Å². The van der Waals surface area contributed by atoms with Crippen LogP contribution in [0.2, 0.25) is 0 Å². The second kappa shape index (κ2) is 8.82. The summed E-state index contributed by atoms with van der Waals surface area (Å²) in [5, 5.41) is 13.7. The van der Waals surface area contributed by atoms with Crippen LogP contribution in [0.1, 0.15) is 51.7 Å². The average Bonchev–Trinajstić information content (AvgIpc) is 3.14. The monoisotopic (exact) mass is 381 g/mol. The van der Waals surface area contributed by atoms with Crippen molar-refractivity contribution in [3.8, 4) is 11.1 Å². The molecule has 0 fully saturated rings. The van der Waals surface area contributed by atoms with E-state index in [1.807, 2.05) is 24.3 Å². The Morgan fingerprint density at radius 2 is 1.96 bits per heavy atom. The number of hydrogen-bond acceptors (Lipinski definition) is 6. The molecular formula is C21H27N5O2. The highest BCUT2D eigenvalue weighted by atomic mass is 16.5. The van der Waals surface area contributed by atoms with Gasteiger partial charge in [0.1, 0.15) is 0 Å². The summed E-state index contributed by atoms with van der Waals surface area (Å²) in [7, 11) is 0. The number of benzene rings is 1. The molecule has 148 valence electrons. The summed E-state index contributed by atoms with van der Waals surface area (Å²) in [5.41, 5.74) is 2.52. The smallest absolute Gasteiger partial charge is 0.264 e. The van der Waals surface area contributed by atoms with Gasteiger partial charge in [-0.25, -0.2) is 5.10 Å². The molecule has 0 saturated heterocycles. The quantitative estimate of drug-likeness (QED) is 0.574. The second-order valence-corrected chi connectivity index (χ2v) is 7.91. The predicted molar refractivity (Wildman–Crippen MR) is 109 cm³/mol. The number of aryl methyl sites for hydroxylation is 1. The Bertz CT molecular complexity index is 955. The summed E-state index contributed by atoms with van der Waals surface area (Å²) in [5.74, 6) is 1.48. The number of unbranched alkanes of at least 4 members (excludes halogenated alkanes) is 2. The van der Waals surface area contributed by atoms with E-state index in [0.29, 0.717) is 0 Å². The minimum absolute atomic E-state index is 0.0798. The van der Waals surface area contributed by atoms with Gasteiger partial charge in [0.05, 0.1) is 6.20 Å². The molecule has 0 aliphatic carbocycles. The lowest BCUT2D eigenvalue weighted by Gasteiger charge is -2.10. The molecule has 0 aliphatic heterocycles. The lowest BCUT2D eigenvalue weighted by molar-refractivity contribution is 0.359. The van der Waals surface area contributed by atoms with E-state index in [9.17, 15) is 4.79 Å². The van der Waals surface area contributed by atoms with Gasteiger partial charge in [-0.3, -0.25) is 4.79 Å². The standard InChI is InChI=1S/C21H27N5O2/c1-21(2,3)20-24-19(28-26-20)10-5-4-6-11-22-17-9-7-8-15(12-17)16-13-18(27)25-23-14-16/h7-9,12-14,22H,4-6,10-11H2,1-3H3,(H,25,27). The lowest BCUT2D eigenvalue weighted by Crippen LogP contribution is -2.13.